The number of hydrogen-bond acceptors (Lipinski definition) is 2. The smallest absolute Gasteiger partial charge is 0.137 e. The fraction of sp³-hybridized carbons (Fsp3) is 0.235. The molecule has 0 spiro atoms. The molecule has 3 nitrogen and oxygen atoms in total. The van der Waals surface area contributed by atoms with Crippen LogP contribution in [0.25, 0.3) is 16.9 Å². The molecular weight excluding hydrogens is 265 g/mol. The molecule has 1 aromatic carbocycles. The number of aromatic nitrogens is 2. The first kappa shape index (κ1) is 12.5. The highest BCUT2D eigenvalue weighted by Gasteiger charge is 2.21. The van der Waals surface area contributed by atoms with Gasteiger partial charge in [-0.3, -0.25) is 4.40 Å². The molecule has 0 unspecified atom stereocenters. The summed E-state index contributed by atoms with van der Waals surface area (Å²) in [6.45, 7) is 0.697. The number of imidazole rings is 1. The first-order chi connectivity index (χ1) is 10.3. The molecule has 3 aromatic rings. The SMILES string of the molecule is Fc1ccc(-c2cccc3nccn23)c(CNC2CC2)c1. The Morgan fingerprint density at radius 1 is 1.24 bits per heavy atom. The zero-order chi connectivity index (χ0) is 14.2. The minimum Gasteiger partial charge on any atom is -0.310 e. The van der Waals surface area contributed by atoms with E-state index < -0.39 is 0 Å². The van der Waals surface area contributed by atoms with Crippen LogP contribution in [-0.4, -0.2) is 15.4 Å². The third-order valence-corrected chi connectivity index (χ3v) is 3.93. The van der Waals surface area contributed by atoms with Crippen molar-refractivity contribution in [1.29, 1.82) is 0 Å². The highest BCUT2D eigenvalue weighted by Crippen LogP contribution is 2.27. The van der Waals surface area contributed by atoms with Crippen molar-refractivity contribution in [3.8, 4) is 11.3 Å². The maximum atomic E-state index is 13.6. The Bertz CT molecular complexity index is 790. The molecule has 21 heavy (non-hydrogen) atoms. The number of nitrogens with zero attached hydrogens (tertiary/aromatic N) is 2. The van der Waals surface area contributed by atoms with Gasteiger partial charge in [-0.25, -0.2) is 9.37 Å². The van der Waals surface area contributed by atoms with Gasteiger partial charge in [-0.15, -0.1) is 0 Å². The third-order valence-electron chi connectivity index (χ3n) is 3.93. The minimum absolute atomic E-state index is 0.191. The lowest BCUT2D eigenvalue weighted by molar-refractivity contribution is 0.620. The molecular formula is C17H16FN3. The molecule has 1 aliphatic carbocycles. The largest absolute Gasteiger partial charge is 0.310 e. The molecule has 0 saturated heterocycles. The Labute approximate surface area is 122 Å². The van der Waals surface area contributed by atoms with Gasteiger partial charge in [0.05, 0.1) is 5.69 Å². The number of benzene rings is 1. The van der Waals surface area contributed by atoms with Crippen LogP contribution in [0.15, 0.2) is 48.8 Å². The highest BCUT2D eigenvalue weighted by atomic mass is 19.1. The predicted molar refractivity (Wildman–Crippen MR) is 80.4 cm³/mol. The summed E-state index contributed by atoms with van der Waals surface area (Å²) in [4.78, 5) is 4.31. The van der Waals surface area contributed by atoms with Crippen LogP contribution in [-0.2, 0) is 6.54 Å². The van der Waals surface area contributed by atoms with Gasteiger partial charge in [-0.05, 0) is 48.7 Å². The van der Waals surface area contributed by atoms with Crippen molar-refractivity contribution in [3.05, 3.63) is 60.2 Å². The fourth-order valence-electron chi connectivity index (χ4n) is 2.67. The lowest BCUT2D eigenvalue weighted by Crippen LogP contribution is -2.16. The molecule has 0 bridgehead atoms. The van der Waals surface area contributed by atoms with E-state index in [0.717, 1.165) is 22.5 Å². The van der Waals surface area contributed by atoms with Gasteiger partial charge in [-0.1, -0.05) is 6.07 Å². The van der Waals surface area contributed by atoms with Gasteiger partial charge in [0.25, 0.3) is 0 Å². The van der Waals surface area contributed by atoms with Crippen LogP contribution in [0.2, 0.25) is 0 Å². The summed E-state index contributed by atoms with van der Waals surface area (Å²) in [6, 6.07) is 11.6. The lowest BCUT2D eigenvalue weighted by Gasteiger charge is -2.12. The normalized spacial score (nSPS) is 14.7. The third kappa shape index (κ3) is 2.43. The number of pyridine rings is 1. The van der Waals surface area contributed by atoms with E-state index in [4.69, 9.17) is 0 Å². The molecule has 0 atom stereocenters. The second kappa shape index (κ2) is 4.97. The molecule has 2 heterocycles. The molecule has 0 amide bonds. The topological polar surface area (TPSA) is 29.3 Å². The first-order valence-corrected chi connectivity index (χ1v) is 7.25. The van der Waals surface area contributed by atoms with Gasteiger partial charge in [0.2, 0.25) is 0 Å². The monoisotopic (exact) mass is 281 g/mol. The van der Waals surface area contributed by atoms with Gasteiger partial charge >= 0.3 is 0 Å². The first-order valence-electron chi connectivity index (χ1n) is 7.25. The number of rotatable bonds is 4. The molecule has 1 aliphatic rings. The van der Waals surface area contributed by atoms with Crippen molar-refractivity contribution in [2.45, 2.75) is 25.4 Å². The van der Waals surface area contributed by atoms with Gasteiger partial charge in [-0.2, -0.15) is 0 Å². The van der Waals surface area contributed by atoms with Crippen molar-refractivity contribution in [2.24, 2.45) is 0 Å². The van der Waals surface area contributed by atoms with E-state index in [9.17, 15) is 4.39 Å². The molecule has 1 N–H and O–H groups in total. The molecule has 2 aromatic heterocycles. The lowest BCUT2D eigenvalue weighted by atomic mass is 10.0. The molecule has 106 valence electrons. The molecule has 0 radical (unpaired) electrons. The van der Waals surface area contributed by atoms with Crippen molar-refractivity contribution in [2.75, 3.05) is 0 Å². The molecule has 4 rings (SSSR count). The second-order valence-corrected chi connectivity index (χ2v) is 5.52. The molecule has 4 heteroatoms. The van der Waals surface area contributed by atoms with Gasteiger partial charge < -0.3 is 5.32 Å². The summed E-state index contributed by atoms with van der Waals surface area (Å²) in [7, 11) is 0. The van der Waals surface area contributed by atoms with Crippen LogP contribution in [0.1, 0.15) is 18.4 Å². The Hall–Kier alpha value is -2.20. The molecule has 1 saturated carbocycles. The standard InChI is InChI=1S/C17H16FN3/c18-13-4-7-15(12(10-13)11-20-14-5-6-14)16-2-1-3-17-19-8-9-21(16)17/h1-4,7-10,14,20H,5-6,11H2. The van der Waals surface area contributed by atoms with Crippen LogP contribution < -0.4 is 5.32 Å². The Kier molecular flexibility index (Phi) is 2.97. The summed E-state index contributed by atoms with van der Waals surface area (Å²) < 4.78 is 15.6. The molecule has 1 fully saturated rings. The van der Waals surface area contributed by atoms with Crippen LogP contribution in [0, 0.1) is 5.82 Å². The van der Waals surface area contributed by atoms with Gasteiger partial charge in [0, 0.05) is 30.5 Å². The van der Waals surface area contributed by atoms with Gasteiger partial charge in [0.1, 0.15) is 11.5 Å². The van der Waals surface area contributed by atoms with Crippen molar-refractivity contribution in [3.63, 3.8) is 0 Å². The van der Waals surface area contributed by atoms with Crippen LogP contribution >= 0.6 is 0 Å². The van der Waals surface area contributed by atoms with E-state index in [2.05, 4.69) is 10.3 Å². The number of fused-ring (bicyclic) bond motifs is 1. The average molecular weight is 281 g/mol. The zero-order valence-electron chi connectivity index (χ0n) is 11.6. The van der Waals surface area contributed by atoms with E-state index >= 15 is 0 Å². The highest BCUT2D eigenvalue weighted by molar-refractivity contribution is 5.67. The van der Waals surface area contributed by atoms with E-state index in [1.165, 1.54) is 18.9 Å². The van der Waals surface area contributed by atoms with E-state index in [1.54, 1.807) is 12.3 Å². The van der Waals surface area contributed by atoms with E-state index in [-0.39, 0.29) is 5.82 Å². The summed E-state index contributed by atoms with van der Waals surface area (Å²) >= 11 is 0. The van der Waals surface area contributed by atoms with Crippen molar-refractivity contribution >= 4 is 5.65 Å². The maximum Gasteiger partial charge on any atom is 0.137 e. The van der Waals surface area contributed by atoms with E-state index in [1.807, 2.05) is 34.9 Å². The predicted octanol–water partition coefficient (Wildman–Crippen LogP) is 3.39. The van der Waals surface area contributed by atoms with Crippen LogP contribution in [0.5, 0.6) is 0 Å². The average Bonchev–Trinajstić information content (AvgIpc) is 3.20. The van der Waals surface area contributed by atoms with Crippen LogP contribution in [0.4, 0.5) is 4.39 Å². The summed E-state index contributed by atoms with van der Waals surface area (Å²) in [5, 5.41) is 3.46. The maximum absolute atomic E-state index is 13.6. The number of nitrogens with one attached hydrogen (secondary N) is 1. The summed E-state index contributed by atoms with van der Waals surface area (Å²) in [6.07, 6.45) is 6.17. The second-order valence-electron chi connectivity index (χ2n) is 5.52. The van der Waals surface area contributed by atoms with E-state index in [0.29, 0.717) is 12.6 Å². The Morgan fingerprint density at radius 3 is 3.00 bits per heavy atom. The number of halogens is 1. The van der Waals surface area contributed by atoms with Crippen molar-refractivity contribution in [1.82, 2.24) is 14.7 Å². The minimum atomic E-state index is -0.191. The Morgan fingerprint density at radius 2 is 2.14 bits per heavy atom. The summed E-state index contributed by atoms with van der Waals surface area (Å²) in [5.41, 5.74) is 3.98. The molecule has 0 aliphatic heterocycles. The quantitative estimate of drug-likeness (QED) is 0.794. The van der Waals surface area contributed by atoms with Crippen LogP contribution in [0.3, 0.4) is 0 Å². The van der Waals surface area contributed by atoms with Crippen molar-refractivity contribution < 1.29 is 4.39 Å². The zero-order valence-corrected chi connectivity index (χ0v) is 11.6. The Balaban J connectivity index is 1.80. The summed E-state index contributed by atoms with van der Waals surface area (Å²) in [5.74, 6) is -0.191. The number of hydrogen-bond donors (Lipinski definition) is 1. The van der Waals surface area contributed by atoms with Gasteiger partial charge in [0.15, 0.2) is 0 Å². The fourth-order valence-corrected chi connectivity index (χ4v) is 2.67.